The molecule has 0 atom stereocenters. The smallest absolute Gasteiger partial charge is 0.478 e. The van der Waals surface area contributed by atoms with E-state index in [9.17, 15) is 18.0 Å². The molecule has 5 rings (SSSR count). The average molecular weight is 504 g/mol. The molecule has 192 valence electrons. The Balaban J connectivity index is 1.27. The van der Waals surface area contributed by atoms with Gasteiger partial charge in [-0.05, 0) is 81.1 Å². The molecule has 0 amide bonds. The molecule has 0 radical (unpaired) electrons. The average Bonchev–Trinajstić information content (AvgIpc) is 3.62. The van der Waals surface area contributed by atoms with E-state index in [0.717, 1.165) is 49.7 Å². The molecule has 3 aliphatic carbocycles. The summed E-state index contributed by atoms with van der Waals surface area (Å²) in [7, 11) is 0. The van der Waals surface area contributed by atoms with E-state index in [2.05, 4.69) is 9.89 Å². The fourth-order valence-corrected chi connectivity index (χ4v) is 5.12. The molecule has 1 N–H and O–H groups in total. The van der Waals surface area contributed by atoms with Gasteiger partial charge in [-0.2, -0.15) is 0 Å². The van der Waals surface area contributed by atoms with E-state index in [0.29, 0.717) is 35.8 Å². The van der Waals surface area contributed by atoms with E-state index >= 15 is 0 Å². The highest BCUT2D eigenvalue weighted by atomic mass is 19.4. The maximum Gasteiger partial charge on any atom is 0.573 e. The fraction of sp³-hybridized carbons (Fsp3) is 0.481. The van der Waals surface area contributed by atoms with Gasteiger partial charge in [0.2, 0.25) is 0 Å². The molecule has 1 aromatic carbocycles. The number of ether oxygens (including phenoxy) is 2. The first kappa shape index (κ1) is 24.6. The molecule has 9 heteroatoms. The zero-order valence-corrected chi connectivity index (χ0v) is 19.7. The lowest BCUT2D eigenvalue weighted by Crippen LogP contribution is -2.21. The first-order valence-corrected chi connectivity index (χ1v) is 12.4. The molecule has 1 heterocycles. The van der Waals surface area contributed by atoms with E-state index < -0.39 is 12.3 Å². The minimum atomic E-state index is -4.78. The summed E-state index contributed by atoms with van der Waals surface area (Å²) in [5.74, 6) is 0.128. The quantitative estimate of drug-likeness (QED) is 0.414. The van der Waals surface area contributed by atoms with Gasteiger partial charge in [0.1, 0.15) is 17.2 Å². The molecule has 0 unspecified atom stereocenters. The van der Waals surface area contributed by atoms with Gasteiger partial charge in [0.15, 0.2) is 0 Å². The van der Waals surface area contributed by atoms with E-state index in [4.69, 9.17) is 14.4 Å². The summed E-state index contributed by atoms with van der Waals surface area (Å²) in [5, 5.41) is 13.3. The highest BCUT2D eigenvalue weighted by Crippen LogP contribution is 2.45. The minimum absolute atomic E-state index is 0.0282. The molecule has 2 fully saturated rings. The van der Waals surface area contributed by atoms with Crippen LogP contribution in [-0.2, 0) is 16.1 Å². The molecule has 0 saturated heterocycles. The summed E-state index contributed by atoms with van der Waals surface area (Å²) in [6.07, 6.45) is 4.72. The number of carboxylic acid groups (broad SMARTS) is 1. The predicted octanol–water partition coefficient (Wildman–Crippen LogP) is 7.09. The Morgan fingerprint density at radius 3 is 2.39 bits per heavy atom. The van der Waals surface area contributed by atoms with Crippen LogP contribution in [-0.4, -0.2) is 28.7 Å². The van der Waals surface area contributed by atoms with Crippen molar-refractivity contribution in [3.05, 3.63) is 70.3 Å². The zero-order valence-electron chi connectivity index (χ0n) is 19.7. The second kappa shape index (κ2) is 10.1. The van der Waals surface area contributed by atoms with E-state index in [-0.39, 0.29) is 30.0 Å². The highest BCUT2D eigenvalue weighted by Gasteiger charge is 2.37. The molecule has 2 saturated carbocycles. The molecule has 1 aromatic heterocycles. The van der Waals surface area contributed by atoms with Crippen LogP contribution in [0.2, 0.25) is 0 Å². The Kier molecular flexibility index (Phi) is 6.92. The van der Waals surface area contributed by atoms with Gasteiger partial charge in [0.05, 0.1) is 18.3 Å². The van der Waals surface area contributed by atoms with Gasteiger partial charge in [-0.1, -0.05) is 23.4 Å². The molecule has 0 spiro atoms. The molecule has 2 aromatic rings. The number of aromatic carboxylic acids is 1. The third-order valence-corrected chi connectivity index (χ3v) is 7.17. The lowest BCUT2D eigenvalue weighted by Gasteiger charge is -2.29. The van der Waals surface area contributed by atoms with Gasteiger partial charge >= 0.3 is 12.3 Å². The standard InChI is InChI=1S/C27H28F3NO5/c28-27(29,30)35-23-4-2-1-3-21(23)24-22(25(36-31-24)18-7-8-18)15-34-20-13-11-17(12-14-20)16-5-9-19(10-6-16)26(32)33/h2,4-6,9-10,17-18,20H,1,3,7-8,11-15H2,(H,32,33). The van der Waals surface area contributed by atoms with Crippen LogP contribution in [0.3, 0.4) is 0 Å². The maximum atomic E-state index is 13.0. The topological polar surface area (TPSA) is 81.8 Å². The number of halogens is 3. The monoisotopic (exact) mass is 503 g/mol. The van der Waals surface area contributed by atoms with Crippen LogP contribution in [0.1, 0.15) is 96.1 Å². The number of carboxylic acids is 1. The zero-order chi connectivity index (χ0) is 25.3. The van der Waals surface area contributed by atoms with Crippen molar-refractivity contribution in [2.24, 2.45) is 0 Å². The Hall–Kier alpha value is -3.07. The van der Waals surface area contributed by atoms with E-state index in [1.165, 1.54) is 6.08 Å². The summed E-state index contributed by atoms with van der Waals surface area (Å²) in [5.41, 5.74) is 2.95. The second-order valence-corrected chi connectivity index (χ2v) is 9.69. The number of allylic oxidation sites excluding steroid dienone is 3. The van der Waals surface area contributed by atoms with Crippen LogP contribution in [0.25, 0.3) is 5.57 Å². The first-order chi connectivity index (χ1) is 17.3. The Labute approximate surface area is 206 Å². The molecule has 0 bridgehead atoms. The number of benzene rings is 1. The van der Waals surface area contributed by atoms with Crippen LogP contribution in [0.5, 0.6) is 0 Å². The SMILES string of the molecule is O=C(O)c1ccc(C2CCC(OCc3c(C4=C(OC(F)(F)F)C=CCC4)noc3C3CC3)CC2)cc1. The summed E-state index contributed by atoms with van der Waals surface area (Å²) in [6.45, 7) is 0.236. The second-order valence-electron chi connectivity index (χ2n) is 9.69. The van der Waals surface area contributed by atoms with Gasteiger partial charge < -0.3 is 19.1 Å². The molecular formula is C27H28F3NO5. The Morgan fingerprint density at radius 1 is 1.06 bits per heavy atom. The van der Waals surface area contributed by atoms with Crippen LogP contribution < -0.4 is 0 Å². The number of rotatable bonds is 8. The molecular weight excluding hydrogens is 475 g/mol. The Morgan fingerprint density at radius 2 is 1.75 bits per heavy atom. The number of carbonyl (C=O) groups is 1. The van der Waals surface area contributed by atoms with Crippen molar-refractivity contribution in [1.82, 2.24) is 5.16 Å². The molecule has 3 aliphatic rings. The Bertz CT molecular complexity index is 1150. The number of nitrogens with zero attached hydrogens (tertiary/aromatic N) is 1. The van der Waals surface area contributed by atoms with Gasteiger partial charge in [0.25, 0.3) is 0 Å². The van der Waals surface area contributed by atoms with Crippen molar-refractivity contribution in [2.75, 3.05) is 0 Å². The van der Waals surface area contributed by atoms with Gasteiger partial charge in [0, 0.05) is 17.1 Å². The largest absolute Gasteiger partial charge is 0.573 e. The number of hydrogen-bond donors (Lipinski definition) is 1. The number of hydrogen-bond acceptors (Lipinski definition) is 5. The van der Waals surface area contributed by atoms with Crippen LogP contribution in [0.15, 0.2) is 46.7 Å². The van der Waals surface area contributed by atoms with Gasteiger partial charge in [-0.15, -0.1) is 13.2 Å². The molecule has 6 nitrogen and oxygen atoms in total. The fourth-order valence-electron chi connectivity index (χ4n) is 5.12. The summed E-state index contributed by atoms with van der Waals surface area (Å²) >= 11 is 0. The first-order valence-electron chi connectivity index (χ1n) is 12.4. The summed E-state index contributed by atoms with van der Waals surface area (Å²) in [6, 6.07) is 7.04. The number of alkyl halides is 3. The lowest BCUT2D eigenvalue weighted by atomic mass is 9.82. The lowest BCUT2D eigenvalue weighted by molar-refractivity contribution is -0.303. The summed E-state index contributed by atoms with van der Waals surface area (Å²) in [4.78, 5) is 11.1. The van der Waals surface area contributed by atoms with Crippen molar-refractivity contribution in [1.29, 1.82) is 0 Å². The highest BCUT2D eigenvalue weighted by molar-refractivity contribution is 5.87. The molecule has 36 heavy (non-hydrogen) atoms. The van der Waals surface area contributed by atoms with Gasteiger partial charge in [-0.3, -0.25) is 0 Å². The van der Waals surface area contributed by atoms with Crippen molar-refractivity contribution >= 4 is 11.5 Å². The minimum Gasteiger partial charge on any atom is -0.478 e. The van der Waals surface area contributed by atoms with Crippen molar-refractivity contribution in [3.63, 3.8) is 0 Å². The van der Waals surface area contributed by atoms with E-state index in [1.807, 2.05) is 12.1 Å². The van der Waals surface area contributed by atoms with Crippen molar-refractivity contribution < 1.29 is 37.1 Å². The third-order valence-electron chi connectivity index (χ3n) is 7.17. The predicted molar refractivity (Wildman–Crippen MR) is 124 cm³/mol. The van der Waals surface area contributed by atoms with Crippen molar-refractivity contribution in [3.8, 4) is 0 Å². The number of aromatic nitrogens is 1. The van der Waals surface area contributed by atoms with Crippen LogP contribution in [0, 0.1) is 0 Å². The third kappa shape index (κ3) is 5.67. The molecule has 0 aliphatic heterocycles. The van der Waals surface area contributed by atoms with Gasteiger partial charge in [-0.25, -0.2) is 4.79 Å². The van der Waals surface area contributed by atoms with Crippen molar-refractivity contribution in [2.45, 2.75) is 82.3 Å². The summed E-state index contributed by atoms with van der Waals surface area (Å²) < 4.78 is 55.2. The van der Waals surface area contributed by atoms with Crippen LogP contribution >= 0.6 is 0 Å². The normalized spacial score (nSPS) is 22.6. The maximum absolute atomic E-state index is 13.0. The van der Waals surface area contributed by atoms with E-state index in [1.54, 1.807) is 18.2 Å². The van der Waals surface area contributed by atoms with Crippen LogP contribution in [0.4, 0.5) is 13.2 Å².